The Labute approximate surface area is 75.2 Å². The van der Waals surface area contributed by atoms with Crippen molar-refractivity contribution in [3.05, 3.63) is 10.1 Å². The van der Waals surface area contributed by atoms with Crippen LogP contribution in [0.4, 0.5) is 0 Å². The van der Waals surface area contributed by atoms with Crippen molar-refractivity contribution >= 4 is 18.5 Å². The molecule has 0 unspecified atom stereocenters. The van der Waals surface area contributed by atoms with Gasteiger partial charge in [0, 0.05) is 19.1 Å². The highest BCUT2D eigenvalue weighted by molar-refractivity contribution is 8.07. The molecule has 0 aromatic carbocycles. The monoisotopic (exact) mass is 215 g/mol. The highest BCUT2D eigenvalue weighted by atomic mass is 32.5. The highest BCUT2D eigenvalue weighted by Gasteiger charge is 2.16. The third-order valence-electron chi connectivity index (χ3n) is 0.970. The van der Waals surface area contributed by atoms with E-state index in [-0.39, 0.29) is 13.2 Å². The van der Waals surface area contributed by atoms with E-state index < -0.39 is 11.6 Å². The van der Waals surface area contributed by atoms with Crippen molar-refractivity contribution in [3.8, 4) is 0 Å². The minimum Gasteiger partial charge on any atom is -0.312 e. The number of nitro groups is 1. The summed E-state index contributed by atoms with van der Waals surface area (Å²) in [4.78, 5) is 9.39. The molecule has 0 heterocycles. The molecule has 0 aliphatic heterocycles. The van der Waals surface area contributed by atoms with E-state index in [1.165, 1.54) is 14.2 Å². The van der Waals surface area contributed by atoms with Crippen LogP contribution in [-0.4, -0.2) is 32.3 Å². The topological polar surface area (TPSA) is 70.8 Å². The SMILES string of the molecule is COP(=S)(OC)OCC[N+](=O)[O-]. The second-order valence-electron chi connectivity index (χ2n) is 1.70. The lowest BCUT2D eigenvalue weighted by Crippen LogP contribution is -2.08. The van der Waals surface area contributed by atoms with Gasteiger partial charge in [-0.2, -0.15) is 0 Å². The lowest BCUT2D eigenvalue weighted by Gasteiger charge is -2.15. The lowest BCUT2D eigenvalue weighted by atomic mass is 10.7. The molecule has 0 aromatic rings. The Morgan fingerprint density at radius 3 is 2.33 bits per heavy atom. The summed E-state index contributed by atoms with van der Waals surface area (Å²) < 4.78 is 14.3. The smallest absolute Gasteiger partial charge is 0.312 e. The molecule has 12 heavy (non-hydrogen) atoms. The molecule has 0 saturated carbocycles. The van der Waals surface area contributed by atoms with Crippen LogP contribution in [0.15, 0.2) is 0 Å². The van der Waals surface area contributed by atoms with Gasteiger partial charge < -0.3 is 13.6 Å². The summed E-state index contributed by atoms with van der Waals surface area (Å²) in [5, 5.41) is 9.88. The summed E-state index contributed by atoms with van der Waals surface area (Å²) in [6, 6.07) is 0. The van der Waals surface area contributed by atoms with Crippen LogP contribution in [0.25, 0.3) is 0 Å². The zero-order valence-electron chi connectivity index (χ0n) is 6.76. The summed E-state index contributed by atoms with van der Waals surface area (Å²) in [6.07, 6.45) is 0. The zero-order chi connectivity index (χ0) is 9.61. The van der Waals surface area contributed by atoms with Crippen LogP contribution in [-0.2, 0) is 25.4 Å². The Balaban J connectivity index is 3.74. The predicted molar refractivity (Wildman–Crippen MR) is 46.1 cm³/mol. The van der Waals surface area contributed by atoms with E-state index in [2.05, 4.69) is 0 Å². The maximum atomic E-state index is 9.88. The van der Waals surface area contributed by atoms with Gasteiger partial charge in [-0.25, -0.2) is 0 Å². The van der Waals surface area contributed by atoms with Gasteiger partial charge in [0.2, 0.25) is 6.54 Å². The van der Waals surface area contributed by atoms with E-state index in [1.54, 1.807) is 0 Å². The van der Waals surface area contributed by atoms with Gasteiger partial charge in [-0.15, -0.1) is 0 Å². The fourth-order valence-corrected chi connectivity index (χ4v) is 1.30. The molecular weight excluding hydrogens is 205 g/mol. The average Bonchev–Trinajstić information content (AvgIpc) is 2.03. The van der Waals surface area contributed by atoms with E-state index in [4.69, 9.17) is 25.4 Å². The molecule has 0 saturated heterocycles. The second-order valence-corrected chi connectivity index (χ2v) is 4.93. The molecule has 0 aromatic heterocycles. The van der Waals surface area contributed by atoms with Crippen LogP contribution in [0.5, 0.6) is 0 Å². The van der Waals surface area contributed by atoms with Crippen LogP contribution >= 0.6 is 6.72 Å². The molecular formula is C4H10NO5PS. The van der Waals surface area contributed by atoms with E-state index in [9.17, 15) is 10.1 Å². The number of nitrogens with zero attached hydrogens (tertiary/aromatic N) is 1. The first-order valence-electron chi connectivity index (χ1n) is 3.02. The Kier molecular flexibility index (Phi) is 5.52. The Bertz CT molecular complexity index is 190. The van der Waals surface area contributed by atoms with Crippen LogP contribution in [0.3, 0.4) is 0 Å². The molecule has 72 valence electrons. The van der Waals surface area contributed by atoms with Crippen molar-refractivity contribution in [1.29, 1.82) is 0 Å². The standard InChI is InChI=1S/C4H10NO5PS/c1-8-11(12,9-2)10-4-3-5(6)7/h3-4H2,1-2H3. The third-order valence-corrected chi connectivity index (χ3v) is 3.57. The van der Waals surface area contributed by atoms with Gasteiger partial charge in [0.15, 0.2) is 0 Å². The molecule has 0 aliphatic rings. The number of hydrogen-bond acceptors (Lipinski definition) is 6. The van der Waals surface area contributed by atoms with Gasteiger partial charge in [0.25, 0.3) is 0 Å². The first-order chi connectivity index (χ1) is 5.54. The fraction of sp³-hybridized carbons (Fsp3) is 1.00. The molecule has 0 fully saturated rings. The molecule has 0 rings (SSSR count). The number of rotatable bonds is 6. The first kappa shape index (κ1) is 11.9. The lowest BCUT2D eigenvalue weighted by molar-refractivity contribution is -0.481. The molecule has 6 nitrogen and oxygen atoms in total. The van der Waals surface area contributed by atoms with Crippen molar-refractivity contribution in [2.45, 2.75) is 0 Å². The average molecular weight is 215 g/mol. The van der Waals surface area contributed by atoms with Gasteiger partial charge in [-0.1, -0.05) is 0 Å². The number of hydrogen-bond donors (Lipinski definition) is 0. The molecule has 0 N–H and O–H groups in total. The normalized spacial score (nSPS) is 11.5. The fourth-order valence-electron chi connectivity index (χ4n) is 0.407. The molecule has 0 amide bonds. The first-order valence-corrected chi connectivity index (χ1v) is 5.57. The van der Waals surface area contributed by atoms with Crippen molar-refractivity contribution in [2.24, 2.45) is 0 Å². The minimum atomic E-state index is -2.71. The molecule has 8 heteroatoms. The van der Waals surface area contributed by atoms with E-state index in [0.29, 0.717) is 0 Å². The van der Waals surface area contributed by atoms with Gasteiger partial charge in [-0.3, -0.25) is 10.1 Å². The molecule has 0 spiro atoms. The summed E-state index contributed by atoms with van der Waals surface area (Å²) in [5.41, 5.74) is 0. The van der Waals surface area contributed by atoms with Crippen LogP contribution < -0.4 is 0 Å². The summed E-state index contributed by atoms with van der Waals surface area (Å²) in [5.74, 6) is 0. The van der Waals surface area contributed by atoms with Gasteiger partial charge in [0.1, 0.15) is 6.61 Å². The Hall–Kier alpha value is -0.0700. The maximum absolute atomic E-state index is 9.88. The second kappa shape index (κ2) is 5.55. The van der Waals surface area contributed by atoms with Crippen molar-refractivity contribution < 1.29 is 18.5 Å². The van der Waals surface area contributed by atoms with Gasteiger partial charge in [-0.05, 0) is 11.8 Å². The highest BCUT2D eigenvalue weighted by Crippen LogP contribution is 2.47. The minimum absolute atomic E-state index is 0.0913. The van der Waals surface area contributed by atoms with Gasteiger partial charge in [0.05, 0.1) is 0 Å². The summed E-state index contributed by atoms with van der Waals surface area (Å²) in [7, 11) is 2.69. The molecule has 0 aliphatic carbocycles. The molecule has 0 bridgehead atoms. The van der Waals surface area contributed by atoms with Crippen molar-refractivity contribution in [2.75, 3.05) is 27.4 Å². The molecule has 0 radical (unpaired) electrons. The van der Waals surface area contributed by atoms with E-state index in [0.717, 1.165) is 0 Å². The van der Waals surface area contributed by atoms with Crippen molar-refractivity contribution in [3.63, 3.8) is 0 Å². The maximum Gasteiger partial charge on any atom is 0.326 e. The summed E-state index contributed by atoms with van der Waals surface area (Å²) >= 11 is 4.78. The quantitative estimate of drug-likeness (QED) is 0.370. The van der Waals surface area contributed by atoms with Crippen LogP contribution in [0.1, 0.15) is 0 Å². The largest absolute Gasteiger partial charge is 0.326 e. The Morgan fingerprint density at radius 2 is 2.00 bits per heavy atom. The van der Waals surface area contributed by atoms with Crippen LogP contribution in [0.2, 0.25) is 0 Å². The zero-order valence-corrected chi connectivity index (χ0v) is 8.47. The summed E-state index contributed by atoms with van der Waals surface area (Å²) in [6.45, 7) is -3.10. The third kappa shape index (κ3) is 4.74. The van der Waals surface area contributed by atoms with Crippen LogP contribution in [0, 0.1) is 10.1 Å². The van der Waals surface area contributed by atoms with E-state index in [1.807, 2.05) is 0 Å². The van der Waals surface area contributed by atoms with Gasteiger partial charge >= 0.3 is 6.72 Å². The molecule has 0 atom stereocenters. The predicted octanol–water partition coefficient (Wildman–Crippen LogP) is 0.797. The van der Waals surface area contributed by atoms with E-state index >= 15 is 0 Å². The Morgan fingerprint density at radius 1 is 1.50 bits per heavy atom. The van der Waals surface area contributed by atoms with Crippen molar-refractivity contribution in [1.82, 2.24) is 0 Å².